The fourth-order valence-corrected chi connectivity index (χ4v) is 3.90. The lowest BCUT2D eigenvalue weighted by atomic mass is 10.1. The van der Waals surface area contributed by atoms with Crippen molar-refractivity contribution in [1.29, 1.82) is 0 Å². The zero-order valence-corrected chi connectivity index (χ0v) is 13.0. The Labute approximate surface area is 125 Å². The fraction of sp³-hybridized carbons (Fsp3) is 0.571. The van der Waals surface area contributed by atoms with Gasteiger partial charge in [-0.2, -0.15) is 4.31 Å². The van der Waals surface area contributed by atoms with Crippen molar-refractivity contribution < 1.29 is 12.8 Å². The number of hydrogen-bond donors (Lipinski definition) is 1. The highest BCUT2D eigenvalue weighted by molar-refractivity contribution is 7.89. The van der Waals surface area contributed by atoms with Crippen molar-refractivity contribution in [3.63, 3.8) is 0 Å². The third kappa shape index (κ3) is 4.00. The van der Waals surface area contributed by atoms with E-state index in [1.807, 2.05) is 0 Å². The molecule has 0 saturated carbocycles. The molecule has 0 bridgehead atoms. The lowest BCUT2D eigenvalue weighted by molar-refractivity contribution is 0.170. The molecule has 21 heavy (non-hydrogen) atoms. The van der Waals surface area contributed by atoms with Crippen molar-refractivity contribution >= 4 is 10.0 Å². The molecule has 0 radical (unpaired) electrons. The summed E-state index contributed by atoms with van der Waals surface area (Å²) in [6.45, 7) is 5.80. The molecular weight excluding hydrogens is 293 g/mol. The van der Waals surface area contributed by atoms with Gasteiger partial charge in [-0.1, -0.05) is 13.0 Å². The minimum atomic E-state index is -3.60. The monoisotopic (exact) mass is 315 g/mol. The van der Waals surface area contributed by atoms with Crippen molar-refractivity contribution in [2.45, 2.75) is 11.8 Å². The Morgan fingerprint density at radius 1 is 1.29 bits per heavy atom. The predicted molar refractivity (Wildman–Crippen MR) is 79.8 cm³/mol. The van der Waals surface area contributed by atoms with Crippen LogP contribution in [0, 0.1) is 11.7 Å². The Kier molecular flexibility index (Phi) is 5.32. The van der Waals surface area contributed by atoms with Crippen LogP contribution < -0.4 is 5.73 Å². The van der Waals surface area contributed by atoms with E-state index in [1.54, 1.807) is 0 Å². The van der Waals surface area contributed by atoms with Gasteiger partial charge in [0.25, 0.3) is 0 Å². The number of nitrogens with two attached hydrogens (primary N) is 1. The number of piperazine rings is 1. The third-order valence-corrected chi connectivity index (χ3v) is 5.63. The summed E-state index contributed by atoms with van der Waals surface area (Å²) in [5, 5.41) is 0. The molecule has 0 aromatic heterocycles. The van der Waals surface area contributed by atoms with Crippen LogP contribution in [0.4, 0.5) is 4.39 Å². The van der Waals surface area contributed by atoms with Gasteiger partial charge in [-0.15, -0.1) is 0 Å². The quantitative estimate of drug-likeness (QED) is 0.870. The molecule has 1 saturated heterocycles. The number of halogens is 1. The maximum absolute atomic E-state index is 13.2. The SMILES string of the molecule is CC(CN)CN1CCN(S(=O)(=O)c2cccc(F)c2)CC1. The van der Waals surface area contributed by atoms with Crippen LogP contribution in [0.25, 0.3) is 0 Å². The van der Waals surface area contributed by atoms with Crippen molar-refractivity contribution in [3.05, 3.63) is 30.1 Å². The first kappa shape index (κ1) is 16.4. The highest BCUT2D eigenvalue weighted by Crippen LogP contribution is 2.18. The molecule has 1 aromatic carbocycles. The fourth-order valence-electron chi connectivity index (χ4n) is 2.44. The smallest absolute Gasteiger partial charge is 0.243 e. The van der Waals surface area contributed by atoms with E-state index in [9.17, 15) is 12.8 Å². The van der Waals surface area contributed by atoms with Gasteiger partial charge in [0, 0.05) is 32.7 Å². The van der Waals surface area contributed by atoms with Gasteiger partial charge in [-0.3, -0.25) is 0 Å². The van der Waals surface area contributed by atoms with Gasteiger partial charge in [0.2, 0.25) is 10.0 Å². The highest BCUT2D eigenvalue weighted by atomic mass is 32.2. The first-order valence-corrected chi connectivity index (χ1v) is 8.55. The van der Waals surface area contributed by atoms with Crippen molar-refractivity contribution in [2.24, 2.45) is 11.7 Å². The molecule has 5 nitrogen and oxygen atoms in total. The molecule has 2 rings (SSSR count). The van der Waals surface area contributed by atoms with E-state index in [0.29, 0.717) is 38.6 Å². The van der Waals surface area contributed by atoms with Crippen LogP contribution in [0.1, 0.15) is 6.92 Å². The number of rotatable bonds is 5. The van der Waals surface area contributed by atoms with Crippen LogP contribution in [0.15, 0.2) is 29.2 Å². The lowest BCUT2D eigenvalue weighted by Gasteiger charge is -2.35. The second kappa shape index (κ2) is 6.83. The molecule has 1 fully saturated rings. The molecule has 1 aliphatic heterocycles. The Balaban J connectivity index is 2.01. The van der Waals surface area contributed by atoms with Gasteiger partial charge >= 0.3 is 0 Å². The van der Waals surface area contributed by atoms with Gasteiger partial charge in [0.1, 0.15) is 5.82 Å². The van der Waals surface area contributed by atoms with Crippen LogP contribution >= 0.6 is 0 Å². The van der Waals surface area contributed by atoms with Crippen molar-refractivity contribution in [3.8, 4) is 0 Å². The Morgan fingerprint density at radius 2 is 1.95 bits per heavy atom. The van der Waals surface area contributed by atoms with Crippen LogP contribution in [0.2, 0.25) is 0 Å². The Bertz CT molecular complexity index is 571. The summed E-state index contributed by atoms with van der Waals surface area (Å²) in [4.78, 5) is 2.24. The third-order valence-electron chi connectivity index (χ3n) is 3.74. The summed E-state index contributed by atoms with van der Waals surface area (Å²) in [7, 11) is -3.60. The normalized spacial score (nSPS) is 19.6. The van der Waals surface area contributed by atoms with Crippen LogP contribution in [0.5, 0.6) is 0 Å². The van der Waals surface area contributed by atoms with Gasteiger partial charge in [-0.25, -0.2) is 12.8 Å². The first-order chi connectivity index (χ1) is 9.93. The second-order valence-corrected chi connectivity index (χ2v) is 7.44. The number of nitrogens with zero attached hydrogens (tertiary/aromatic N) is 2. The zero-order valence-electron chi connectivity index (χ0n) is 12.2. The molecule has 1 aromatic rings. The van der Waals surface area contributed by atoms with Gasteiger partial charge in [0.05, 0.1) is 4.90 Å². The second-order valence-electron chi connectivity index (χ2n) is 5.50. The van der Waals surface area contributed by atoms with Crippen LogP contribution in [-0.2, 0) is 10.0 Å². The molecule has 0 aliphatic carbocycles. The standard InChI is InChI=1S/C14H22FN3O2S/c1-12(10-16)11-17-5-7-18(8-6-17)21(19,20)14-4-2-3-13(15)9-14/h2-4,9,12H,5-8,10-11,16H2,1H3. The van der Waals surface area contributed by atoms with E-state index in [1.165, 1.54) is 22.5 Å². The van der Waals surface area contributed by atoms with Crippen molar-refractivity contribution in [1.82, 2.24) is 9.21 Å². The highest BCUT2D eigenvalue weighted by Gasteiger charge is 2.28. The van der Waals surface area contributed by atoms with E-state index in [2.05, 4.69) is 11.8 Å². The van der Waals surface area contributed by atoms with Crippen molar-refractivity contribution in [2.75, 3.05) is 39.3 Å². The molecule has 1 aliphatic rings. The minimum absolute atomic E-state index is 0.0197. The van der Waals surface area contributed by atoms with E-state index in [-0.39, 0.29) is 4.90 Å². The summed E-state index contributed by atoms with van der Waals surface area (Å²) in [5.74, 6) is -0.136. The average Bonchev–Trinajstić information content (AvgIpc) is 2.47. The van der Waals surface area contributed by atoms with Gasteiger partial charge < -0.3 is 10.6 Å². The largest absolute Gasteiger partial charge is 0.330 e. The van der Waals surface area contributed by atoms with E-state index in [0.717, 1.165) is 12.6 Å². The molecule has 7 heteroatoms. The molecular formula is C14H22FN3O2S. The molecule has 1 unspecified atom stereocenters. The lowest BCUT2D eigenvalue weighted by Crippen LogP contribution is -2.49. The summed E-state index contributed by atoms with van der Waals surface area (Å²) in [6, 6.07) is 5.16. The van der Waals surface area contributed by atoms with Crippen LogP contribution in [0.3, 0.4) is 0 Å². The predicted octanol–water partition coefficient (Wildman–Crippen LogP) is 0.727. The number of hydrogen-bond acceptors (Lipinski definition) is 4. The van der Waals surface area contributed by atoms with E-state index >= 15 is 0 Å². The summed E-state index contributed by atoms with van der Waals surface area (Å²) in [6.07, 6.45) is 0. The van der Waals surface area contributed by atoms with Crippen LogP contribution in [-0.4, -0.2) is 56.9 Å². The molecule has 1 heterocycles. The van der Waals surface area contributed by atoms with Gasteiger partial charge in [0.15, 0.2) is 0 Å². The summed E-state index contributed by atoms with van der Waals surface area (Å²) >= 11 is 0. The topological polar surface area (TPSA) is 66.6 Å². The minimum Gasteiger partial charge on any atom is -0.330 e. The average molecular weight is 315 g/mol. The number of sulfonamides is 1. The first-order valence-electron chi connectivity index (χ1n) is 7.11. The maximum Gasteiger partial charge on any atom is 0.243 e. The van der Waals surface area contributed by atoms with Gasteiger partial charge in [-0.05, 0) is 30.7 Å². The maximum atomic E-state index is 13.2. The Hall–Kier alpha value is -1.02. The number of benzene rings is 1. The molecule has 0 spiro atoms. The summed E-state index contributed by atoms with van der Waals surface area (Å²) < 4.78 is 39.5. The Morgan fingerprint density at radius 3 is 2.52 bits per heavy atom. The van der Waals surface area contributed by atoms with E-state index < -0.39 is 15.8 Å². The molecule has 118 valence electrons. The molecule has 1 atom stereocenters. The molecule has 0 amide bonds. The summed E-state index contributed by atoms with van der Waals surface area (Å²) in [5.41, 5.74) is 5.61. The molecule has 2 N–H and O–H groups in total. The zero-order chi connectivity index (χ0) is 15.5. The van der Waals surface area contributed by atoms with E-state index in [4.69, 9.17) is 5.73 Å².